The van der Waals surface area contributed by atoms with E-state index in [9.17, 15) is 0 Å². The van der Waals surface area contributed by atoms with Gasteiger partial charge in [0.05, 0.1) is 0 Å². The summed E-state index contributed by atoms with van der Waals surface area (Å²) in [6.45, 7) is 4.33. The molecule has 0 saturated carbocycles. The van der Waals surface area contributed by atoms with Crippen molar-refractivity contribution in [2.24, 2.45) is 0 Å². The number of nitrogens with zero attached hydrogens (tertiary/aromatic N) is 1. The number of aromatic nitrogens is 1. The van der Waals surface area contributed by atoms with Crippen LogP contribution in [0.1, 0.15) is 20.3 Å². The van der Waals surface area contributed by atoms with Gasteiger partial charge >= 0.3 is 156 Å². The maximum atomic E-state index is 6.54. The summed E-state index contributed by atoms with van der Waals surface area (Å²) >= 11 is -0.511. The van der Waals surface area contributed by atoms with E-state index in [1.54, 1.807) is 0 Å². The molecule has 5 heteroatoms. The third-order valence-electron chi connectivity index (χ3n) is 4.08. The molecule has 24 heavy (non-hydrogen) atoms. The molecular weight excluding hydrogens is 515 g/mol. The molecule has 1 saturated heterocycles. The molecule has 2 atom stereocenters. The summed E-state index contributed by atoms with van der Waals surface area (Å²) in [7, 11) is 0. The van der Waals surface area contributed by atoms with Gasteiger partial charge in [-0.25, -0.2) is 0 Å². The summed E-state index contributed by atoms with van der Waals surface area (Å²) in [4.78, 5) is 5.88. The average Bonchev–Trinajstić information content (AvgIpc) is 2.90. The fourth-order valence-electron chi connectivity index (χ4n) is 3.00. The van der Waals surface area contributed by atoms with E-state index in [-0.39, 0.29) is 12.2 Å². The van der Waals surface area contributed by atoms with E-state index >= 15 is 0 Å². The number of fused-ring (bicyclic) bond motifs is 1. The van der Waals surface area contributed by atoms with Crippen molar-refractivity contribution in [2.45, 2.75) is 32.5 Å². The van der Waals surface area contributed by atoms with E-state index in [4.69, 9.17) is 7.51 Å². The zero-order valence-electron chi connectivity index (χ0n) is 13.8. The number of pyridine rings is 1. The first-order valence-corrected chi connectivity index (χ1v) is 14.1. The third-order valence-corrected chi connectivity index (χ3v) is 12.8. The minimum atomic E-state index is -2.34. The van der Waals surface area contributed by atoms with E-state index in [1.165, 1.54) is 18.2 Å². The van der Waals surface area contributed by atoms with E-state index in [2.05, 4.69) is 55.2 Å². The molecule has 3 nitrogen and oxygen atoms in total. The quantitative estimate of drug-likeness (QED) is 0.499. The SMILES string of the molecule is CC1CC(C)[O][Po]([c]2c(-c3ccccn3)sc3ccccc23)[CH2]O1. The summed E-state index contributed by atoms with van der Waals surface area (Å²) < 4.78 is 16.1. The van der Waals surface area contributed by atoms with Crippen LogP contribution in [0, 0.1) is 0 Å². The molecular formula is C19H20NO2PoS. The van der Waals surface area contributed by atoms with Crippen molar-refractivity contribution in [2.75, 3.05) is 4.27 Å². The Bertz CT molecular complexity index is 836. The van der Waals surface area contributed by atoms with Gasteiger partial charge < -0.3 is 0 Å². The van der Waals surface area contributed by atoms with Gasteiger partial charge in [0.2, 0.25) is 0 Å². The molecule has 0 amide bonds. The average molecular weight is 535 g/mol. The van der Waals surface area contributed by atoms with Crippen LogP contribution in [0.5, 0.6) is 0 Å². The Morgan fingerprint density at radius 3 is 2.75 bits per heavy atom. The summed E-state index contributed by atoms with van der Waals surface area (Å²) in [6.07, 6.45) is 3.39. The molecule has 2 aromatic heterocycles. The Labute approximate surface area is 155 Å². The van der Waals surface area contributed by atoms with Crippen molar-refractivity contribution in [3.05, 3.63) is 48.7 Å². The van der Waals surface area contributed by atoms with E-state index in [1.807, 2.05) is 23.6 Å². The second-order valence-electron chi connectivity index (χ2n) is 6.05. The van der Waals surface area contributed by atoms with Crippen LogP contribution in [0.3, 0.4) is 0 Å². The van der Waals surface area contributed by atoms with Gasteiger partial charge in [-0.2, -0.15) is 0 Å². The van der Waals surface area contributed by atoms with Crippen molar-refractivity contribution in [3.8, 4) is 10.6 Å². The Morgan fingerprint density at radius 1 is 1.08 bits per heavy atom. The van der Waals surface area contributed by atoms with Gasteiger partial charge in [-0.15, -0.1) is 0 Å². The number of thiophene rings is 1. The number of hydrogen-bond donors (Lipinski definition) is 0. The van der Waals surface area contributed by atoms with Gasteiger partial charge in [0, 0.05) is 0 Å². The Balaban J connectivity index is 1.86. The van der Waals surface area contributed by atoms with Gasteiger partial charge in [-0.05, 0) is 0 Å². The molecule has 0 spiro atoms. The molecule has 125 valence electrons. The van der Waals surface area contributed by atoms with Gasteiger partial charge in [0.1, 0.15) is 0 Å². The Morgan fingerprint density at radius 2 is 1.92 bits per heavy atom. The minimum absolute atomic E-state index is 0.270. The molecule has 2 unspecified atom stereocenters. The summed E-state index contributed by atoms with van der Waals surface area (Å²) in [6, 6.07) is 14.8. The van der Waals surface area contributed by atoms with Crippen molar-refractivity contribution in [1.29, 1.82) is 0 Å². The fourth-order valence-corrected chi connectivity index (χ4v) is 12.8. The molecule has 0 aliphatic carbocycles. The first kappa shape index (κ1) is 16.6. The van der Waals surface area contributed by atoms with Gasteiger partial charge in [0.25, 0.3) is 0 Å². The van der Waals surface area contributed by atoms with Crippen LogP contribution in [-0.4, -0.2) is 44.0 Å². The normalized spacial score (nSPS) is 22.6. The van der Waals surface area contributed by atoms with Crippen LogP contribution in [0.25, 0.3) is 20.7 Å². The molecule has 3 aromatic rings. The molecule has 1 aromatic carbocycles. The monoisotopic (exact) mass is 535 g/mol. The van der Waals surface area contributed by atoms with Crippen LogP contribution < -0.4 is 3.22 Å². The van der Waals surface area contributed by atoms with Crippen LogP contribution in [-0.2, 0) is 7.51 Å². The second-order valence-corrected chi connectivity index (χ2v) is 13.0. The molecule has 1 radical (unpaired) electrons. The molecule has 1 fully saturated rings. The summed E-state index contributed by atoms with van der Waals surface area (Å²) in [5.41, 5.74) is 1.05. The van der Waals surface area contributed by atoms with Crippen molar-refractivity contribution < 1.29 is 7.51 Å². The molecule has 1 aliphatic rings. The summed E-state index contributed by atoms with van der Waals surface area (Å²) in [5, 5.41) is 1.34. The summed E-state index contributed by atoms with van der Waals surface area (Å²) in [5.74, 6) is 0. The zero-order valence-corrected chi connectivity index (χ0v) is 17.8. The predicted octanol–water partition coefficient (Wildman–Crippen LogP) is 3.91. The topological polar surface area (TPSA) is 31.4 Å². The van der Waals surface area contributed by atoms with E-state index in [0.717, 1.165) is 16.4 Å². The van der Waals surface area contributed by atoms with Gasteiger partial charge in [-0.1, -0.05) is 0 Å². The third kappa shape index (κ3) is 3.28. The van der Waals surface area contributed by atoms with Gasteiger partial charge in [-0.3, -0.25) is 0 Å². The predicted molar refractivity (Wildman–Crippen MR) is 101 cm³/mol. The van der Waals surface area contributed by atoms with Crippen LogP contribution in [0.15, 0.2) is 48.7 Å². The van der Waals surface area contributed by atoms with Crippen molar-refractivity contribution in [3.63, 3.8) is 0 Å². The second kappa shape index (κ2) is 7.18. The standard InChI is InChI=1S/C13H8NS.C6H12O2.Po/c1-2-7-12-10(5-1)9-13(15-12)11-6-3-4-8-14-11;1-5(7)4-6(2)8-3;/h1-8H;5-6H,3-4H2,1-2H3;/q;-1;+1. The van der Waals surface area contributed by atoms with Crippen molar-refractivity contribution in [1.82, 2.24) is 4.98 Å². The molecule has 1 aliphatic heterocycles. The van der Waals surface area contributed by atoms with Crippen molar-refractivity contribution >= 4 is 47.2 Å². The van der Waals surface area contributed by atoms with Gasteiger partial charge in [0.15, 0.2) is 0 Å². The first-order valence-electron chi connectivity index (χ1n) is 8.15. The molecule has 0 bridgehead atoms. The number of ether oxygens (including phenoxy) is 1. The number of benzene rings is 1. The number of hydrogen-bond acceptors (Lipinski definition) is 4. The Hall–Kier alpha value is -0.854. The first-order chi connectivity index (χ1) is 11.7. The van der Waals surface area contributed by atoms with Crippen LogP contribution in [0.4, 0.5) is 0 Å². The van der Waals surface area contributed by atoms with E-state index in [0.29, 0.717) is 0 Å². The number of rotatable bonds is 2. The van der Waals surface area contributed by atoms with E-state index < -0.39 is 22.5 Å². The Kier molecular flexibility index (Phi) is 4.97. The molecule has 0 N–H and O–H groups in total. The van der Waals surface area contributed by atoms with Crippen LogP contribution >= 0.6 is 11.3 Å². The maximum absolute atomic E-state index is 6.54. The fraction of sp³-hybridized carbons (Fsp3) is 0.316. The van der Waals surface area contributed by atoms with Crippen LogP contribution in [0.2, 0.25) is 0 Å². The zero-order chi connectivity index (χ0) is 16.5. The molecule has 4 rings (SSSR count). The molecule has 3 heterocycles.